The molecule has 1 heterocycles. The van der Waals surface area contributed by atoms with Crippen LogP contribution in [0, 0.1) is 0 Å². The molecule has 2 N–H and O–H groups in total. The monoisotopic (exact) mass is 362 g/mol. The van der Waals surface area contributed by atoms with Gasteiger partial charge in [-0.1, -0.05) is 30.3 Å². The molecule has 3 rings (SSSR count). The third-order valence-corrected chi connectivity index (χ3v) is 4.10. The summed E-state index contributed by atoms with van der Waals surface area (Å²) in [6, 6.07) is 18.8. The zero-order valence-corrected chi connectivity index (χ0v) is 15.0. The molecule has 0 radical (unpaired) electrons. The van der Waals surface area contributed by atoms with Gasteiger partial charge in [0.25, 0.3) is 5.91 Å². The summed E-state index contributed by atoms with van der Waals surface area (Å²) in [5.41, 5.74) is 2.63. The van der Waals surface area contributed by atoms with E-state index in [0.717, 1.165) is 11.3 Å². The third-order valence-electron chi connectivity index (χ3n) is 4.10. The van der Waals surface area contributed by atoms with Gasteiger partial charge < -0.3 is 10.6 Å². The summed E-state index contributed by atoms with van der Waals surface area (Å²) in [6.45, 7) is 0.953. The zero-order valence-electron chi connectivity index (χ0n) is 15.0. The van der Waals surface area contributed by atoms with E-state index >= 15 is 0 Å². The fourth-order valence-electron chi connectivity index (χ4n) is 2.62. The Bertz CT molecular complexity index is 859. The fourth-order valence-corrected chi connectivity index (χ4v) is 2.62. The molecule has 1 aromatic heterocycles. The van der Waals surface area contributed by atoms with Gasteiger partial charge in [-0.3, -0.25) is 9.59 Å². The average Bonchev–Trinajstić information content (AvgIpc) is 3.25. The first-order chi connectivity index (χ1) is 13.2. The summed E-state index contributed by atoms with van der Waals surface area (Å²) in [5, 5.41) is 9.90. The highest BCUT2D eigenvalue weighted by Crippen LogP contribution is 2.08. The number of hydrogen-bond donors (Lipinski definition) is 2. The van der Waals surface area contributed by atoms with Gasteiger partial charge in [0.05, 0.1) is 5.69 Å². The van der Waals surface area contributed by atoms with Gasteiger partial charge in [-0.15, -0.1) is 0 Å². The highest BCUT2D eigenvalue weighted by Gasteiger charge is 2.05. The maximum Gasteiger partial charge on any atom is 0.251 e. The van der Waals surface area contributed by atoms with Crippen LogP contribution in [-0.4, -0.2) is 28.1 Å². The van der Waals surface area contributed by atoms with E-state index in [1.807, 2.05) is 54.7 Å². The van der Waals surface area contributed by atoms with Crippen LogP contribution in [0.5, 0.6) is 0 Å². The summed E-state index contributed by atoms with van der Waals surface area (Å²) in [5.74, 6) is -0.145. The number of amides is 2. The molecule has 0 saturated carbocycles. The summed E-state index contributed by atoms with van der Waals surface area (Å²) >= 11 is 0. The van der Waals surface area contributed by atoms with Gasteiger partial charge in [-0.25, -0.2) is 4.68 Å². The van der Waals surface area contributed by atoms with Crippen LogP contribution >= 0.6 is 0 Å². The average molecular weight is 362 g/mol. The SMILES string of the molecule is O=C(CCCNC(=O)c1ccccc1)NCc1ccc(-n2cccn2)cc1. The Labute approximate surface area is 158 Å². The first kappa shape index (κ1) is 18.4. The van der Waals surface area contributed by atoms with Crippen molar-refractivity contribution in [2.45, 2.75) is 19.4 Å². The molecule has 27 heavy (non-hydrogen) atoms. The minimum absolute atomic E-state index is 0.0277. The maximum atomic E-state index is 11.9. The van der Waals surface area contributed by atoms with E-state index < -0.39 is 0 Å². The minimum Gasteiger partial charge on any atom is -0.352 e. The molecule has 6 heteroatoms. The second kappa shape index (κ2) is 9.33. The lowest BCUT2D eigenvalue weighted by molar-refractivity contribution is -0.121. The Kier molecular flexibility index (Phi) is 6.35. The molecule has 0 atom stereocenters. The standard InChI is InChI=1S/C21H22N4O2/c26-20(8-4-13-22-21(27)18-6-2-1-3-7-18)23-16-17-9-11-19(12-10-17)25-15-5-14-24-25/h1-3,5-7,9-12,14-15H,4,8,13,16H2,(H,22,27)(H,23,26). The van der Waals surface area contributed by atoms with Crippen LogP contribution in [0.2, 0.25) is 0 Å². The molecule has 0 fully saturated rings. The molecule has 0 saturated heterocycles. The van der Waals surface area contributed by atoms with E-state index in [-0.39, 0.29) is 11.8 Å². The van der Waals surface area contributed by atoms with Crippen LogP contribution in [0.4, 0.5) is 0 Å². The molecule has 2 amide bonds. The fraction of sp³-hybridized carbons (Fsp3) is 0.190. The van der Waals surface area contributed by atoms with Crippen LogP contribution in [0.25, 0.3) is 5.69 Å². The molecular formula is C21H22N4O2. The van der Waals surface area contributed by atoms with Gasteiger partial charge in [0.15, 0.2) is 0 Å². The second-order valence-electron chi connectivity index (χ2n) is 6.12. The van der Waals surface area contributed by atoms with Crippen molar-refractivity contribution < 1.29 is 9.59 Å². The van der Waals surface area contributed by atoms with Crippen LogP contribution in [0.1, 0.15) is 28.8 Å². The normalized spacial score (nSPS) is 10.4. The lowest BCUT2D eigenvalue weighted by Gasteiger charge is -2.08. The van der Waals surface area contributed by atoms with Gasteiger partial charge in [-0.05, 0) is 42.3 Å². The largest absolute Gasteiger partial charge is 0.352 e. The zero-order chi connectivity index (χ0) is 18.9. The smallest absolute Gasteiger partial charge is 0.251 e. The lowest BCUT2D eigenvalue weighted by atomic mass is 10.2. The van der Waals surface area contributed by atoms with Crippen molar-refractivity contribution in [1.82, 2.24) is 20.4 Å². The van der Waals surface area contributed by atoms with Gasteiger partial charge in [0.2, 0.25) is 5.91 Å². The summed E-state index contributed by atoms with van der Waals surface area (Å²) in [7, 11) is 0. The van der Waals surface area contributed by atoms with Crippen molar-refractivity contribution in [1.29, 1.82) is 0 Å². The van der Waals surface area contributed by atoms with Crippen molar-refractivity contribution in [3.05, 3.63) is 84.2 Å². The lowest BCUT2D eigenvalue weighted by Crippen LogP contribution is -2.27. The molecule has 0 aliphatic heterocycles. The first-order valence-electron chi connectivity index (χ1n) is 8.91. The van der Waals surface area contributed by atoms with Crippen LogP contribution in [-0.2, 0) is 11.3 Å². The van der Waals surface area contributed by atoms with Crippen molar-refractivity contribution in [3.8, 4) is 5.69 Å². The summed E-state index contributed by atoms with van der Waals surface area (Å²) in [4.78, 5) is 23.8. The molecule has 138 valence electrons. The van der Waals surface area contributed by atoms with Crippen LogP contribution in [0.15, 0.2) is 73.1 Å². The van der Waals surface area contributed by atoms with E-state index in [0.29, 0.717) is 31.5 Å². The van der Waals surface area contributed by atoms with E-state index in [9.17, 15) is 9.59 Å². The van der Waals surface area contributed by atoms with Crippen LogP contribution < -0.4 is 10.6 Å². The maximum absolute atomic E-state index is 11.9. The van der Waals surface area contributed by atoms with E-state index in [1.165, 1.54) is 0 Å². The molecule has 0 unspecified atom stereocenters. The number of nitrogens with zero attached hydrogens (tertiary/aromatic N) is 2. The van der Waals surface area contributed by atoms with Gasteiger partial charge in [0.1, 0.15) is 0 Å². The molecule has 3 aromatic rings. The predicted molar refractivity (Wildman–Crippen MR) is 103 cm³/mol. The highest BCUT2D eigenvalue weighted by molar-refractivity contribution is 5.94. The Morgan fingerprint density at radius 2 is 1.70 bits per heavy atom. The first-order valence-corrected chi connectivity index (χ1v) is 8.91. The summed E-state index contributed by atoms with van der Waals surface area (Å²) in [6.07, 6.45) is 4.59. The van der Waals surface area contributed by atoms with Crippen molar-refractivity contribution in [2.75, 3.05) is 6.54 Å². The number of rotatable bonds is 8. The van der Waals surface area contributed by atoms with Crippen molar-refractivity contribution in [2.24, 2.45) is 0 Å². The predicted octanol–water partition coefficient (Wildman–Crippen LogP) is 2.70. The van der Waals surface area contributed by atoms with E-state index in [4.69, 9.17) is 0 Å². The van der Waals surface area contributed by atoms with Gasteiger partial charge >= 0.3 is 0 Å². The number of carbonyl (C=O) groups is 2. The van der Waals surface area contributed by atoms with Crippen molar-refractivity contribution >= 4 is 11.8 Å². The highest BCUT2D eigenvalue weighted by atomic mass is 16.2. The minimum atomic E-state index is -0.117. The van der Waals surface area contributed by atoms with E-state index in [2.05, 4.69) is 15.7 Å². The van der Waals surface area contributed by atoms with Crippen LogP contribution in [0.3, 0.4) is 0 Å². The quantitative estimate of drug-likeness (QED) is 0.605. The summed E-state index contributed by atoms with van der Waals surface area (Å²) < 4.78 is 1.78. The number of hydrogen-bond acceptors (Lipinski definition) is 3. The Morgan fingerprint density at radius 3 is 2.41 bits per heavy atom. The number of aromatic nitrogens is 2. The third kappa shape index (κ3) is 5.54. The topological polar surface area (TPSA) is 76.0 Å². The number of nitrogens with one attached hydrogen (secondary N) is 2. The number of benzene rings is 2. The molecule has 0 aliphatic carbocycles. The molecule has 0 spiro atoms. The molecule has 2 aromatic carbocycles. The van der Waals surface area contributed by atoms with E-state index in [1.54, 1.807) is 23.0 Å². The molecule has 0 bridgehead atoms. The van der Waals surface area contributed by atoms with Gasteiger partial charge in [-0.2, -0.15) is 5.10 Å². The molecule has 0 aliphatic rings. The Hall–Kier alpha value is -3.41. The number of carbonyl (C=O) groups excluding carboxylic acids is 2. The Balaban J connectivity index is 1.34. The second-order valence-corrected chi connectivity index (χ2v) is 6.12. The molecule has 6 nitrogen and oxygen atoms in total. The van der Waals surface area contributed by atoms with Gasteiger partial charge in [0, 0.05) is 37.5 Å². The van der Waals surface area contributed by atoms with Crippen molar-refractivity contribution in [3.63, 3.8) is 0 Å². The molecular weight excluding hydrogens is 340 g/mol. The Morgan fingerprint density at radius 1 is 0.926 bits per heavy atom.